The Hall–Kier alpha value is -0.400. The molecule has 0 aliphatic heterocycles. The summed E-state index contributed by atoms with van der Waals surface area (Å²) in [5.74, 6) is 0.829. The molecule has 3 heteroatoms. The molecule has 0 aromatic heterocycles. The van der Waals surface area contributed by atoms with Crippen molar-refractivity contribution in [2.45, 2.75) is 57.2 Å². The summed E-state index contributed by atoms with van der Waals surface area (Å²) in [5.41, 5.74) is 1.00. The van der Waals surface area contributed by atoms with Crippen molar-refractivity contribution in [1.29, 1.82) is 0 Å². The molecular weight excluding hydrogens is 279 g/mol. The molecule has 0 fully saturated rings. The molecule has 0 aliphatic carbocycles. The molecule has 0 spiro atoms. The second kappa shape index (κ2) is 9.50. The highest BCUT2D eigenvalue weighted by molar-refractivity contribution is 6.30. The lowest BCUT2D eigenvalue weighted by atomic mass is 10.0. The van der Waals surface area contributed by atoms with Crippen LogP contribution in [0.1, 0.15) is 62.8 Å². The number of methoxy groups -OCH3 is 1. The van der Waals surface area contributed by atoms with E-state index in [9.17, 15) is 0 Å². The molecule has 0 aliphatic rings. The summed E-state index contributed by atoms with van der Waals surface area (Å²) in [4.78, 5) is 0. The molecule has 1 aromatic rings. The number of hydrogen-bond donors (Lipinski definition) is 0. The van der Waals surface area contributed by atoms with Crippen LogP contribution in [0.25, 0.3) is 0 Å². The Labute approximate surface area is 127 Å². The minimum Gasteiger partial charge on any atom is -0.496 e. The predicted octanol–water partition coefficient (Wildman–Crippen LogP) is 6.38. The Balaban J connectivity index is 2.40. The van der Waals surface area contributed by atoms with Gasteiger partial charge in [-0.2, -0.15) is 0 Å². The van der Waals surface area contributed by atoms with Crippen LogP contribution >= 0.6 is 23.2 Å². The molecule has 0 bridgehead atoms. The summed E-state index contributed by atoms with van der Waals surface area (Å²) in [6.07, 6.45) is 8.67. The molecular formula is C16H24Cl2O. The summed E-state index contributed by atoms with van der Waals surface area (Å²) < 4.78 is 5.34. The molecule has 1 nitrogen and oxygen atoms in total. The van der Waals surface area contributed by atoms with Gasteiger partial charge in [-0.1, -0.05) is 57.0 Å². The largest absolute Gasteiger partial charge is 0.496 e. The second-order valence-corrected chi connectivity index (χ2v) is 5.87. The fourth-order valence-electron chi connectivity index (χ4n) is 2.21. The standard InChI is InChI=1S/C16H24Cl2O/c1-3-4-5-6-7-8-9-15(18)14-12-13(17)10-11-16(14)19-2/h10-12,15H,3-9H2,1-2H3. The first-order valence-electron chi connectivity index (χ1n) is 7.16. The summed E-state index contributed by atoms with van der Waals surface area (Å²) in [7, 11) is 1.67. The zero-order chi connectivity index (χ0) is 14.1. The number of unbranched alkanes of at least 4 members (excludes halogenated alkanes) is 5. The molecule has 0 amide bonds. The van der Waals surface area contributed by atoms with Crippen molar-refractivity contribution < 1.29 is 4.74 Å². The van der Waals surface area contributed by atoms with E-state index in [0.717, 1.165) is 24.2 Å². The van der Waals surface area contributed by atoms with Crippen LogP contribution in [0, 0.1) is 0 Å². The van der Waals surface area contributed by atoms with Gasteiger partial charge in [-0.05, 0) is 24.6 Å². The Kier molecular flexibility index (Phi) is 8.32. The van der Waals surface area contributed by atoms with E-state index >= 15 is 0 Å². The molecule has 108 valence electrons. The van der Waals surface area contributed by atoms with Crippen LogP contribution in [-0.2, 0) is 0 Å². The van der Waals surface area contributed by atoms with Gasteiger partial charge in [0.1, 0.15) is 5.75 Å². The predicted molar refractivity (Wildman–Crippen MR) is 84.6 cm³/mol. The number of rotatable bonds is 9. The smallest absolute Gasteiger partial charge is 0.123 e. The van der Waals surface area contributed by atoms with Crippen LogP contribution < -0.4 is 4.74 Å². The SMILES string of the molecule is CCCCCCCCC(Cl)c1cc(Cl)ccc1OC. The molecule has 0 saturated carbocycles. The zero-order valence-corrected chi connectivity index (χ0v) is 13.4. The Morgan fingerprint density at radius 3 is 2.47 bits per heavy atom. The van der Waals surface area contributed by atoms with Gasteiger partial charge in [0.25, 0.3) is 0 Å². The second-order valence-electron chi connectivity index (χ2n) is 4.91. The molecule has 0 heterocycles. The first-order valence-corrected chi connectivity index (χ1v) is 7.98. The van der Waals surface area contributed by atoms with E-state index < -0.39 is 0 Å². The zero-order valence-electron chi connectivity index (χ0n) is 11.9. The molecule has 1 aromatic carbocycles. The van der Waals surface area contributed by atoms with Gasteiger partial charge in [0.15, 0.2) is 0 Å². The Morgan fingerprint density at radius 1 is 1.11 bits per heavy atom. The van der Waals surface area contributed by atoms with Gasteiger partial charge < -0.3 is 4.74 Å². The minimum absolute atomic E-state index is 0.0141. The molecule has 0 radical (unpaired) electrons. The van der Waals surface area contributed by atoms with E-state index in [-0.39, 0.29) is 5.38 Å². The van der Waals surface area contributed by atoms with Crippen LogP contribution in [0.3, 0.4) is 0 Å². The first kappa shape index (κ1) is 16.7. The van der Waals surface area contributed by atoms with E-state index in [4.69, 9.17) is 27.9 Å². The van der Waals surface area contributed by atoms with E-state index in [1.165, 1.54) is 32.1 Å². The third kappa shape index (κ3) is 6.05. The van der Waals surface area contributed by atoms with Crippen LogP contribution in [0.5, 0.6) is 5.75 Å². The molecule has 19 heavy (non-hydrogen) atoms. The first-order chi connectivity index (χ1) is 9.19. The lowest BCUT2D eigenvalue weighted by molar-refractivity contribution is 0.408. The van der Waals surface area contributed by atoms with Gasteiger partial charge in [-0.15, -0.1) is 11.6 Å². The number of alkyl halides is 1. The molecule has 1 unspecified atom stereocenters. The maximum absolute atomic E-state index is 6.46. The van der Waals surface area contributed by atoms with Crippen molar-refractivity contribution in [1.82, 2.24) is 0 Å². The van der Waals surface area contributed by atoms with Crippen molar-refractivity contribution in [3.8, 4) is 5.75 Å². The molecule has 1 atom stereocenters. The average Bonchev–Trinajstić information content (AvgIpc) is 2.42. The highest BCUT2D eigenvalue weighted by Crippen LogP contribution is 2.35. The van der Waals surface area contributed by atoms with Crippen LogP contribution in [0.4, 0.5) is 0 Å². The molecule has 1 rings (SSSR count). The van der Waals surface area contributed by atoms with Crippen molar-refractivity contribution in [3.05, 3.63) is 28.8 Å². The summed E-state index contributed by atoms with van der Waals surface area (Å²) in [6.45, 7) is 2.24. The number of halogens is 2. The van der Waals surface area contributed by atoms with Crippen molar-refractivity contribution in [2.24, 2.45) is 0 Å². The van der Waals surface area contributed by atoms with Crippen LogP contribution in [0.15, 0.2) is 18.2 Å². The lowest BCUT2D eigenvalue weighted by Crippen LogP contribution is -1.96. The normalized spacial score (nSPS) is 12.4. The number of benzene rings is 1. The number of hydrogen-bond acceptors (Lipinski definition) is 1. The monoisotopic (exact) mass is 302 g/mol. The van der Waals surface area contributed by atoms with Crippen molar-refractivity contribution in [3.63, 3.8) is 0 Å². The summed E-state index contributed by atoms with van der Waals surface area (Å²) in [5, 5.41) is 0.698. The third-order valence-corrected chi connectivity index (χ3v) is 4.03. The lowest BCUT2D eigenvalue weighted by Gasteiger charge is -2.14. The molecule has 0 saturated heterocycles. The van der Waals surface area contributed by atoms with Crippen LogP contribution in [0.2, 0.25) is 5.02 Å². The van der Waals surface area contributed by atoms with Gasteiger partial charge in [0.2, 0.25) is 0 Å². The topological polar surface area (TPSA) is 9.23 Å². The fraction of sp³-hybridized carbons (Fsp3) is 0.625. The Morgan fingerprint density at radius 2 is 1.79 bits per heavy atom. The van der Waals surface area contributed by atoms with Gasteiger partial charge in [-0.25, -0.2) is 0 Å². The quantitative estimate of drug-likeness (QED) is 0.380. The van der Waals surface area contributed by atoms with Gasteiger partial charge in [0, 0.05) is 10.6 Å². The fourth-order valence-corrected chi connectivity index (χ4v) is 2.71. The van der Waals surface area contributed by atoms with Crippen molar-refractivity contribution >= 4 is 23.2 Å². The van der Waals surface area contributed by atoms with Gasteiger partial charge >= 0.3 is 0 Å². The van der Waals surface area contributed by atoms with E-state index in [2.05, 4.69) is 6.92 Å². The summed E-state index contributed by atoms with van der Waals surface area (Å²) in [6, 6.07) is 5.63. The van der Waals surface area contributed by atoms with Gasteiger partial charge in [-0.3, -0.25) is 0 Å². The average molecular weight is 303 g/mol. The Bertz CT molecular complexity index is 366. The maximum atomic E-state index is 6.46. The highest BCUT2D eigenvalue weighted by atomic mass is 35.5. The maximum Gasteiger partial charge on any atom is 0.123 e. The van der Waals surface area contributed by atoms with Gasteiger partial charge in [0.05, 0.1) is 12.5 Å². The number of ether oxygens (including phenoxy) is 1. The molecule has 0 N–H and O–H groups in total. The third-order valence-electron chi connectivity index (χ3n) is 3.34. The van der Waals surface area contributed by atoms with Crippen molar-refractivity contribution in [2.75, 3.05) is 7.11 Å². The highest BCUT2D eigenvalue weighted by Gasteiger charge is 2.13. The van der Waals surface area contributed by atoms with E-state index in [1.807, 2.05) is 18.2 Å². The van der Waals surface area contributed by atoms with Crippen LogP contribution in [-0.4, -0.2) is 7.11 Å². The van der Waals surface area contributed by atoms with E-state index in [1.54, 1.807) is 7.11 Å². The summed E-state index contributed by atoms with van der Waals surface area (Å²) >= 11 is 12.5. The van der Waals surface area contributed by atoms with E-state index in [0.29, 0.717) is 5.02 Å². The minimum atomic E-state index is -0.0141.